The van der Waals surface area contributed by atoms with E-state index in [-0.39, 0.29) is 5.75 Å². The maximum Gasteiger partial charge on any atom is 0.211 e. The van der Waals surface area contributed by atoms with Crippen LogP contribution < -0.4 is 10.0 Å². The molecular weight excluding hydrogens is 274 g/mol. The van der Waals surface area contributed by atoms with Crippen molar-refractivity contribution < 1.29 is 8.42 Å². The van der Waals surface area contributed by atoms with Crippen LogP contribution in [-0.4, -0.2) is 58.3 Å². The molecule has 0 radical (unpaired) electrons. The van der Waals surface area contributed by atoms with Crippen molar-refractivity contribution in [1.82, 2.24) is 14.9 Å². The van der Waals surface area contributed by atoms with Gasteiger partial charge in [-0.1, -0.05) is 13.8 Å². The molecule has 2 N–H and O–H groups in total. The molecule has 0 aromatic heterocycles. The van der Waals surface area contributed by atoms with E-state index in [1.54, 1.807) is 0 Å². The van der Waals surface area contributed by atoms with Crippen molar-refractivity contribution in [3.05, 3.63) is 0 Å². The van der Waals surface area contributed by atoms with Crippen molar-refractivity contribution in [3.63, 3.8) is 0 Å². The van der Waals surface area contributed by atoms with Gasteiger partial charge in [0.15, 0.2) is 0 Å². The van der Waals surface area contributed by atoms with Gasteiger partial charge in [-0.3, -0.25) is 0 Å². The Bertz CT molecular complexity index is 340. The first kappa shape index (κ1) is 17.9. The molecule has 0 spiro atoms. The average molecular weight is 305 g/mol. The van der Waals surface area contributed by atoms with Crippen LogP contribution in [0.2, 0.25) is 0 Å². The van der Waals surface area contributed by atoms with Gasteiger partial charge in [-0.15, -0.1) is 0 Å². The Kier molecular flexibility index (Phi) is 8.68. The van der Waals surface area contributed by atoms with Gasteiger partial charge in [0, 0.05) is 13.1 Å². The van der Waals surface area contributed by atoms with Gasteiger partial charge in [-0.25, -0.2) is 13.1 Å². The highest BCUT2D eigenvalue weighted by atomic mass is 32.2. The molecule has 1 aliphatic heterocycles. The molecule has 1 fully saturated rings. The summed E-state index contributed by atoms with van der Waals surface area (Å²) in [4.78, 5) is 2.42. The van der Waals surface area contributed by atoms with E-state index in [9.17, 15) is 8.42 Å². The highest BCUT2D eigenvalue weighted by Gasteiger charge is 2.16. The molecule has 1 unspecified atom stereocenters. The Morgan fingerprint density at radius 2 is 1.90 bits per heavy atom. The highest BCUT2D eigenvalue weighted by Crippen LogP contribution is 2.09. The number of nitrogens with one attached hydrogen (secondary N) is 2. The van der Waals surface area contributed by atoms with E-state index in [2.05, 4.69) is 28.8 Å². The number of hydrogen-bond donors (Lipinski definition) is 2. The lowest BCUT2D eigenvalue weighted by Crippen LogP contribution is -2.36. The van der Waals surface area contributed by atoms with Crippen LogP contribution >= 0.6 is 0 Å². The molecule has 1 rings (SSSR count). The first-order valence-electron chi connectivity index (χ1n) is 7.94. The van der Waals surface area contributed by atoms with Crippen molar-refractivity contribution in [2.24, 2.45) is 5.92 Å². The molecule has 1 saturated heterocycles. The molecule has 0 bridgehead atoms. The van der Waals surface area contributed by atoms with Gasteiger partial charge >= 0.3 is 0 Å². The smallest absolute Gasteiger partial charge is 0.211 e. The Balaban J connectivity index is 2.11. The predicted octanol–water partition coefficient (Wildman–Crippen LogP) is 1.03. The molecule has 0 amide bonds. The fourth-order valence-electron chi connectivity index (χ4n) is 2.50. The summed E-state index contributed by atoms with van der Waals surface area (Å²) in [5.41, 5.74) is 0. The van der Waals surface area contributed by atoms with E-state index >= 15 is 0 Å². The van der Waals surface area contributed by atoms with E-state index in [0.29, 0.717) is 18.9 Å². The quantitative estimate of drug-likeness (QED) is 0.560. The molecule has 1 aliphatic rings. The zero-order valence-electron chi connectivity index (χ0n) is 13.0. The topological polar surface area (TPSA) is 61.4 Å². The molecule has 0 aromatic rings. The van der Waals surface area contributed by atoms with E-state index in [1.807, 2.05) is 0 Å². The van der Waals surface area contributed by atoms with Gasteiger partial charge in [0.25, 0.3) is 0 Å². The van der Waals surface area contributed by atoms with Crippen LogP contribution in [0.3, 0.4) is 0 Å². The lowest BCUT2D eigenvalue weighted by Gasteiger charge is -2.20. The molecule has 5 nitrogen and oxygen atoms in total. The van der Waals surface area contributed by atoms with Crippen LogP contribution in [0, 0.1) is 5.92 Å². The number of sulfonamides is 1. The minimum atomic E-state index is -3.11. The molecule has 20 heavy (non-hydrogen) atoms. The molecule has 1 atom stereocenters. The summed E-state index contributed by atoms with van der Waals surface area (Å²) in [7, 11) is -3.11. The molecule has 120 valence electrons. The number of hydrogen-bond acceptors (Lipinski definition) is 4. The molecule has 0 saturated carbocycles. The zero-order valence-corrected chi connectivity index (χ0v) is 13.8. The lowest BCUT2D eigenvalue weighted by molar-refractivity contribution is 0.288. The SMILES string of the molecule is CCCNCCCS(=O)(=O)NCC(C)CN1CCCC1. The highest BCUT2D eigenvalue weighted by molar-refractivity contribution is 7.89. The summed E-state index contributed by atoms with van der Waals surface area (Å²) >= 11 is 0. The van der Waals surface area contributed by atoms with Gasteiger partial charge in [0.2, 0.25) is 10.0 Å². The van der Waals surface area contributed by atoms with Crippen molar-refractivity contribution in [1.29, 1.82) is 0 Å². The average Bonchev–Trinajstić information content (AvgIpc) is 2.89. The Morgan fingerprint density at radius 1 is 1.20 bits per heavy atom. The molecular formula is C14H31N3O2S. The number of likely N-dealkylation sites (tertiary alicyclic amines) is 1. The van der Waals surface area contributed by atoms with Crippen LogP contribution in [0.5, 0.6) is 0 Å². The predicted molar refractivity (Wildman–Crippen MR) is 84.4 cm³/mol. The van der Waals surface area contributed by atoms with Crippen LogP contribution in [0.25, 0.3) is 0 Å². The van der Waals surface area contributed by atoms with Gasteiger partial charge in [0.05, 0.1) is 5.75 Å². The molecule has 6 heteroatoms. The van der Waals surface area contributed by atoms with Gasteiger partial charge in [-0.05, 0) is 57.8 Å². The van der Waals surface area contributed by atoms with Crippen molar-refractivity contribution >= 4 is 10.0 Å². The van der Waals surface area contributed by atoms with Crippen molar-refractivity contribution in [2.45, 2.75) is 39.5 Å². The van der Waals surface area contributed by atoms with Gasteiger partial charge in [0.1, 0.15) is 0 Å². The number of nitrogens with zero attached hydrogens (tertiary/aromatic N) is 1. The monoisotopic (exact) mass is 305 g/mol. The Morgan fingerprint density at radius 3 is 2.55 bits per heavy atom. The van der Waals surface area contributed by atoms with Crippen LogP contribution in [0.15, 0.2) is 0 Å². The lowest BCUT2D eigenvalue weighted by atomic mass is 10.2. The summed E-state index contributed by atoms with van der Waals surface area (Å²) in [6, 6.07) is 0. The summed E-state index contributed by atoms with van der Waals surface area (Å²) in [6.45, 7) is 9.84. The third kappa shape index (κ3) is 8.19. The maximum absolute atomic E-state index is 11.9. The van der Waals surface area contributed by atoms with Crippen LogP contribution in [0.1, 0.15) is 39.5 Å². The standard InChI is InChI=1S/C14H31N3O2S/c1-3-7-15-8-6-11-20(18,19)16-12-14(2)13-17-9-4-5-10-17/h14-16H,3-13H2,1-2H3. The second kappa shape index (κ2) is 9.71. The van der Waals surface area contributed by atoms with E-state index in [4.69, 9.17) is 0 Å². The molecule has 0 aromatic carbocycles. The molecule has 0 aliphatic carbocycles. The third-order valence-corrected chi connectivity index (χ3v) is 5.05. The van der Waals surface area contributed by atoms with Crippen LogP contribution in [0.4, 0.5) is 0 Å². The largest absolute Gasteiger partial charge is 0.317 e. The fraction of sp³-hybridized carbons (Fsp3) is 1.00. The fourth-order valence-corrected chi connectivity index (χ4v) is 3.71. The van der Waals surface area contributed by atoms with E-state index in [1.165, 1.54) is 25.9 Å². The normalized spacial score (nSPS) is 18.5. The molecule has 1 heterocycles. The van der Waals surface area contributed by atoms with E-state index in [0.717, 1.165) is 26.1 Å². The second-order valence-corrected chi connectivity index (χ2v) is 7.81. The zero-order chi connectivity index (χ0) is 14.8. The number of rotatable bonds is 11. The third-order valence-electron chi connectivity index (χ3n) is 3.61. The van der Waals surface area contributed by atoms with Gasteiger partial charge < -0.3 is 10.2 Å². The van der Waals surface area contributed by atoms with E-state index < -0.39 is 10.0 Å². The maximum atomic E-state index is 11.9. The summed E-state index contributed by atoms with van der Waals surface area (Å²) in [6.07, 6.45) is 4.32. The first-order chi connectivity index (χ1) is 9.53. The van der Waals surface area contributed by atoms with Crippen LogP contribution in [-0.2, 0) is 10.0 Å². The summed E-state index contributed by atoms with van der Waals surface area (Å²) in [5, 5.41) is 3.22. The Hall–Kier alpha value is -0.170. The summed E-state index contributed by atoms with van der Waals surface area (Å²) in [5.74, 6) is 0.598. The summed E-state index contributed by atoms with van der Waals surface area (Å²) < 4.78 is 26.4. The first-order valence-corrected chi connectivity index (χ1v) is 9.59. The second-order valence-electron chi connectivity index (χ2n) is 5.88. The van der Waals surface area contributed by atoms with Gasteiger partial charge in [-0.2, -0.15) is 0 Å². The van der Waals surface area contributed by atoms with Crippen molar-refractivity contribution in [2.75, 3.05) is 45.0 Å². The van der Waals surface area contributed by atoms with Crippen molar-refractivity contribution in [3.8, 4) is 0 Å². The Labute approximate surface area is 124 Å². The minimum Gasteiger partial charge on any atom is -0.317 e. The minimum absolute atomic E-state index is 0.222.